The summed E-state index contributed by atoms with van der Waals surface area (Å²) in [6.07, 6.45) is 0.0215. The molecule has 0 aliphatic heterocycles. The third-order valence-corrected chi connectivity index (χ3v) is 6.80. The van der Waals surface area contributed by atoms with E-state index in [-0.39, 0.29) is 11.3 Å². The molecule has 4 aromatic carbocycles. The summed E-state index contributed by atoms with van der Waals surface area (Å²) < 4.78 is 5.85. The Labute approximate surface area is 233 Å². The fourth-order valence-corrected chi connectivity index (χ4v) is 4.78. The lowest BCUT2D eigenvalue weighted by atomic mass is 10.0. The van der Waals surface area contributed by atoms with Gasteiger partial charge in [-0.2, -0.15) is 0 Å². The first-order chi connectivity index (χ1) is 19.5. The van der Waals surface area contributed by atoms with Gasteiger partial charge >= 0.3 is 0 Å². The van der Waals surface area contributed by atoms with E-state index in [0.29, 0.717) is 36.2 Å². The molecule has 0 amide bonds. The average molecular weight is 536 g/mol. The Balaban J connectivity index is 1.17. The van der Waals surface area contributed by atoms with Gasteiger partial charge in [0.05, 0.1) is 18.2 Å². The topological polar surface area (TPSA) is 107 Å². The summed E-state index contributed by atoms with van der Waals surface area (Å²) in [6.45, 7) is 3.63. The zero-order chi connectivity index (χ0) is 27.9. The minimum atomic E-state index is -0.782. The maximum atomic E-state index is 11.6. The molecular formula is C33H33N3O4. The van der Waals surface area contributed by atoms with Gasteiger partial charge in [-0.15, -0.1) is 0 Å². The van der Waals surface area contributed by atoms with Gasteiger partial charge < -0.3 is 30.6 Å². The van der Waals surface area contributed by atoms with E-state index < -0.39 is 6.10 Å². The van der Waals surface area contributed by atoms with Gasteiger partial charge in [-0.25, -0.2) is 0 Å². The smallest absolute Gasteiger partial charge is 0.248 e. The monoisotopic (exact) mass is 535 g/mol. The van der Waals surface area contributed by atoms with Crippen LogP contribution in [0.2, 0.25) is 0 Å². The van der Waals surface area contributed by atoms with E-state index in [4.69, 9.17) is 4.74 Å². The van der Waals surface area contributed by atoms with Gasteiger partial charge in [0.25, 0.3) is 0 Å². The van der Waals surface area contributed by atoms with E-state index in [2.05, 4.69) is 58.1 Å². The molecule has 0 unspecified atom stereocenters. The summed E-state index contributed by atoms with van der Waals surface area (Å²) in [7, 11) is 0. The number of benzene rings is 4. The normalized spacial score (nSPS) is 11.8. The molecule has 0 saturated heterocycles. The van der Waals surface area contributed by atoms with Crippen molar-refractivity contribution in [1.82, 2.24) is 10.3 Å². The number of fused-ring (bicyclic) bond motifs is 1. The summed E-state index contributed by atoms with van der Waals surface area (Å²) in [5.74, 6) is 0.842. The maximum absolute atomic E-state index is 11.6. The molecule has 7 heteroatoms. The summed E-state index contributed by atoms with van der Waals surface area (Å²) in [5, 5.41) is 28.2. The van der Waals surface area contributed by atoms with E-state index in [0.717, 1.165) is 34.7 Å². The molecule has 1 aromatic heterocycles. The van der Waals surface area contributed by atoms with Crippen molar-refractivity contribution in [3.63, 3.8) is 0 Å². The van der Waals surface area contributed by atoms with Crippen LogP contribution >= 0.6 is 0 Å². The van der Waals surface area contributed by atoms with Crippen LogP contribution in [0.4, 0.5) is 11.4 Å². The number of aromatic hydroxyl groups is 1. The molecule has 40 heavy (non-hydrogen) atoms. The van der Waals surface area contributed by atoms with Crippen LogP contribution in [-0.2, 0) is 6.42 Å². The highest BCUT2D eigenvalue weighted by Crippen LogP contribution is 2.34. The number of ether oxygens (including phenoxy) is 1. The molecular weight excluding hydrogens is 502 g/mol. The van der Waals surface area contributed by atoms with E-state index >= 15 is 0 Å². The first-order valence-corrected chi connectivity index (χ1v) is 13.4. The van der Waals surface area contributed by atoms with Crippen LogP contribution in [0.3, 0.4) is 0 Å². The van der Waals surface area contributed by atoms with Crippen LogP contribution < -0.4 is 20.9 Å². The van der Waals surface area contributed by atoms with Gasteiger partial charge in [-0.05, 0) is 79.0 Å². The highest BCUT2D eigenvalue weighted by molar-refractivity contribution is 5.87. The standard InChI is InChI=1S/C33H33N3O4/c1-2-40-31-16-12-25(20-28(31)23-6-4-3-5-7-23)35-24-10-8-22(9-11-24)18-19-34-21-30(38)26-13-15-29(37)33-27(26)14-17-32(39)36-33/h3-17,20,30,34-35,37-38H,2,18-19,21H2,1H3,(H,36,39)/t30-/m0/s1. The number of aromatic amines is 1. The minimum Gasteiger partial charge on any atom is -0.506 e. The van der Waals surface area contributed by atoms with Gasteiger partial charge in [-0.3, -0.25) is 4.79 Å². The zero-order valence-electron chi connectivity index (χ0n) is 22.4. The van der Waals surface area contributed by atoms with Crippen molar-refractivity contribution >= 4 is 22.3 Å². The van der Waals surface area contributed by atoms with Crippen LogP contribution in [0, 0.1) is 0 Å². The Hall–Kier alpha value is -4.59. The summed E-state index contributed by atoms with van der Waals surface area (Å²) in [6, 6.07) is 30.9. The third-order valence-electron chi connectivity index (χ3n) is 6.80. The van der Waals surface area contributed by atoms with Gasteiger partial charge in [0.15, 0.2) is 0 Å². The lowest BCUT2D eigenvalue weighted by molar-refractivity contribution is 0.176. The molecule has 0 bridgehead atoms. The van der Waals surface area contributed by atoms with Crippen LogP contribution in [-0.4, -0.2) is 34.9 Å². The lowest BCUT2D eigenvalue weighted by Gasteiger charge is -2.15. The molecule has 0 radical (unpaired) electrons. The van der Waals surface area contributed by atoms with Gasteiger partial charge in [0.1, 0.15) is 11.5 Å². The molecule has 5 aromatic rings. The van der Waals surface area contributed by atoms with Gasteiger partial charge in [0, 0.05) is 34.9 Å². The van der Waals surface area contributed by atoms with Crippen molar-refractivity contribution in [1.29, 1.82) is 0 Å². The summed E-state index contributed by atoms with van der Waals surface area (Å²) in [4.78, 5) is 14.3. The van der Waals surface area contributed by atoms with Crippen LogP contribution in [0.5, 0.6) is 11.5 Å². The SMILES string of the molecule is CCOc1ccc(Nc2ccc(CCNC[C@H](O)c3ccc(O)c4[nH]c(=O)ccc34)cc2)cc1-c1ccccc1. The number of aliphatic hydroxyl groups excluding tert-OH is 1. The van der Waals surface area contributed by atoms with Crippen molar-refractivity contribution in [2.45, 2.75) is 19.4 Å². The second-order valence-electron chi connectivity index (χ2n) is 9.59. The quantitative estimate of drug-likeness (QED) is 0.135. The number of phenolic OH excluding ortho intramolecular Hbond substituents is 1. The van der Waals surface area contributed by atoms with Crippen molar-refractivity contribution < 1.29 is 14.9 Å². The Kier molecular flexibility index (Phi) is 8.44. The molecule has 0 saturated carbocycles. The minimum absolute atomic E-state index is 0.0197. The van der Waals surface area contributed by atoms with Crippen molar-refractivity contribution in [3.8, 4) is 22.6 Å². The number of hydrogen-bond donors (Lipinski definition) is 5. The molecule has 1 heterocycles. The zero-order valence-corrected chi connectivity index (χ0v) is 22.4. The fraction of sp³-hybridized carbons (Fsp3) is 0.182. The largest absolute Gasteiger partial charge is 0.506 e. The molecule has 0 fully saturated rings. The molecule has 5 N–H and O–H groups in total. The maximum Gasteiger partial charge on any atom is 0.248 e. The number of aliphatic hydroxyl groups is 1. The number of H-pyrrole nitrogens is 1. The van der Waals surface area contributed by atoms with Crippen LogP contribution in [0.15, 0.2) is 102 Å². The molecule has 7 nitrogen and oxygen atoms in total. The highest BCUT2D eigenvalue weighted by Gasteiger charge is 2.14. The number of pyridine rings is 1. The number of aromatic nitrogens is 1. The molecule has 0 aliphatic carbocycles. The predicted molar refractivity (Wildman–Crippen MR) is 161 cm³/mol. The molecule has 0 spiro atoms. The van der Waals surface area contributed by atoms with Crippen LogP contribution in [0.25, 0.3) is 22.0 Å². The first-order valence-electron chi connectivity index (χ1n) is 13.4. The van der Waals surface area contributed by atoms with E-state index in [1.165, 1.54) is 17.7 Å². The second-order valence-corrected chi connectivity index (χ2v) is 9.59. The summed E-state index contributed by atoms with van der Waals surface area (Å²) in [5.41, 5.74) is 5.99. The van der Waals surface area contributed by atoms with Crippen molar-refractivity contribution in [2.24, 2.45) is 0 Å². The van der Waals surface area contributed by atoms with E-state index in [1.807, 2.05) is 37.3 Å². The Bertz CT molecular complexity index is 1630. The first kappa shape index (κ1) is 27.0. The number of rotatable bonds is 11. The number of phenols is 1. The predicted octanol–water partition coefficient (Wildman–Crippen LogP) is 5.91. The van der Waals surface area contributed by atoms with Crippen LogP contribution in [0.1, 0.15) is 24.2 Å². The lowest BCUT2D eigenvalue weighted by Crippen LogP contribution is -2.24. The Morgan fingerprint density at radius 2 is 1.68 bits per heavy atom. The van der Waals surface area contributed by atoms with E-state index in [9.17, 15) is 15.0 Å². The summed E-state index contributed by atoms with van der Waals surface area (Å²) >= 11 is 0. The van der Waals surface area contributed by atoms with Crippen molar-refractivity contribution in [2.75, 3.05) is 25.0 Å². The van der Waals surface area contributed by atoms with E-state index in [1.54, 1.807) is 12.1 Å². The molecule has 0 aliphatic rings. The third kappa shape index (κ3) is 6.34. The van der Waals surface area contributed by atoms with Crippen molar-refractivity contribution in [3.05, 3.63) is 119 Å². The average Bonchev–Trinajstić information content (AvgIpc) is 2.98. The number of nitrogens with one attached hydrogen (secondary N) is 3. The number of anilines is 2. The second kappa shape index (κ2) is 12.5. The van der Waals surface area contributed by atoms with Gasteiger partial charge in [-0.1, -0.05) is 48.5 Å². The van der Waals surface area contributed by atoms with Gasteiger partial charge in [0.2, 0.25) is 5.56 Å². The molecule has 204 valence electrons. The Morgan fingerprint density at radius 1 is 0.900 bits per heavy atom. The highest BCUT2D eigenvalue weighted by atomic mass is 16.5. The molecule has 1 atom stereocenters. The number of hydrogen-bond acceptors (Lipinski definition) is 6. The fourth-order valence-electron chi connectivity index (χ4n) is 4.78. The molecule has 5 rings (SSSR count). The Morgan fingerprint density at radius 3 is 2.45 bits per heavy atom.